The van der Waals surface area contributed by atoms with Crippen LogP contribution >= 0.6 is 0 Å². The second-order valence-electron chi connectivity index (χ2n) is 7.13. The molecule has 0 unspecified atom stereocenters. The smallest absolute Gasteiger partial charge is 0.180 e. The van der Waals surface area contributed by atoms with E-state index in [-0.39, 0.29) is 6.61 Å². The minimum Gasteiger partial charge on any atom is -0.394 e. The van der Waals surface area contributed by atoms with Gasteiger partial charge in [0.05, 0.1) is 25.0 Å². The molecule has 27 heavy (non-hydrogen) atoms. The van der Waals surface area contributed by atoms with Crippen LogP contribution in [-0.2, 0) is 13.0 Å². The van der Waals surface area contributed by atoms with Crippen LogP contribution in [0.4, 0.5) is 0 Å². The largest absolute Gasteiger partial charge is 0.394 e. The highest BCUT2D eigenvalue weighted by Crippen LogP contribution is 2.22. The van der Waals surface area contributed by atoms with Gasteiger partial charge in [-0.05, 0) is 51.0 Å². The highest BCUT2D eigenvalue weighted by molar-refractivity contribution is 5.48. The first-order chi connectivity index (χ1) is 13.2. The highest BCUT2D eigenvalue weighted by atomic mass is 16.3. The SMILES string of the molecule is CN1CCC(Cc2nc(-c3cn(-c4ccccc4)nn3)n(CCO)n2)CC1. The van der Waals surface area contributed by atoms with Gasteiger partial charge in [-0.3, -0.25) is 0 Å². The van der Waals surface area contributed by atoms with Gasteiger partial charge in [-0.25, -0.2) is 14.3 Å². The summed E-state index contributed by atoms with van der Waals surface area (Å²) in [4.78, 5) is 7.09. The number of aliphatic hydroxyl groups excluding tert-OH is 1. The average molecular weight is 367 g/mol. The molecule has 1 fully saturated rings. The lowest BCUT2D eigenvalue weighted by atomic mass is 9.94. The van der Waals surface area contributed by atoms with Crippen molar-refractivity contribution in [3.05, 3.63) is 42.4 Å². The lowest BCUT2D eigenvalue weighted by Crippen LogP contribution is -2.31. The lowest BCUT2D eigenvalue weighted by Gasteiger charge is -2.28. The van der Waals surface area contributed by atoms with E-state index in [9.17, 15) is 5.11 Å². The zero-order valence-electron chi connectivity index (χ0n) is 15.6. The van der Waals surface area contributed by atoms with E-state index in [1.54, 1.807) is 9.36 Å². The summed E-state index contributed by atoms with van der Waals surface area (Å²) >= 11 is 0. The average Bonchev–Trinajstić information content (AvgIpc) is 3.32. The van der Waals surface area contributed by atoms with Crippen LogP contribution in [-0.4, -0.2) is 66.5 Å². The summed E-state index contributed by atoms with van der Waals surface area (Å²) in [6, 6.07) is 9.84. The molecule has 0 amide bonds. The van der Waals surface area contributed by atoms with Crippen molar-refractivity contribution in [1.29, 1.82) is 0 Å². The van der Waals surface area contributed by atoms with E-state index < -0.39 is 0 Å². The number of para-hydroxylation sites is 1. The van der Waals surface area contributed by atoms with E-state index in [1.807, 2.05) is 36.5 Å². The molecule has 0 atom stereocenters. The summed E-state index contributed by atoms with van der Waals surface area (Å²) < 4.78 is 3.47. The molecule has 0 radical (unpaired) electrons. The van der Waals surface area contributed by atoms with Crippen LogP contribution in [0.25, 0.3) is 17.2 Å². The molecule has 1 aliphatic heterocycles. The predicted molar refractivity (Wildman–Crippen MR) is 101 cm³/mol. The Kier molecular flexibility index (Phi) is 5.26. The minimum atomic E-state index is 0.0108. The van der Waals surface area contributed by atoms with Crippen molar-refractivity contribution in [2.75, 3.05) is 26.7 Å². The summed E-state index contributed by atoms with van der Waals surface area (Å²) in [5.41, 5.74) is 1.60. The molecule has 0 bridgehead atoms. The van der Waals surface area contributed by atoms with E-state index in [0.717, 1.165) is 31.0 Å². The number of rotatable bonds is 6. The van der Waals surface area contributed by atoms with Crippen LogP contribution in [0.1, 0.15) is 18.7 Å². The Morgan fingerprint density at radius 2 is 1.93 bits per heavy atom. The maximum Gasteiger partial charge on any atom is 0.180 e. The third-order valence-electron chi connectivity index (χ3n) is 5.08. The maximum absolute atomic E-state index is 9.40. The Bertz CT molecular complexity index is 865. The molecule has 1 aliphatic rings. The molecular weight excluding hydrogens is 342 g/mol. The summed E-state index contributed by atoms with van der Waals surface area (Å²) in [5.74, 6) is 2.09. The number of aliphatic hydroxyl groups is 1. The first-order valence-corrected chi connectivity index (χ1v) is 9.44. The number of hydrogen-bond donors (Lipinski definition) is 1. The molecular formula is C19H25N7O. The molecule has 8 heteroatoms. The number of aromatic nitrogens is 6. The van der Waals surface area contributed by atoms with Gasteiger partial charge in [0.1, 0.15) is 0 Å². The fourth-order valence-electron chi connectivity index (χ4n) is 3.51. The molecule has 1 N–H and O–H groups in total. The van der Waals surface area contributed by atoms with Crippen molar-refractivity contribution in [3.63, 3.8) is 0 Å². The summed E-state index contributed by atoms with van der Waals surface area (Å²) in [5, 5.41) is 22.5. The molecule has 4 rings (SSSR count). The summed E-state index contributed by atoms with van der Waals surface area (Å²) in [6.45, 7) is 2.66. The van der Waals surface area contributed by atoms with Crippen LogP contribution in [0.2, 0.25) is 0 Å². The Hall–Kier alpha value is -2.58. The van der Waals surface area contributed by atoms with Gasteiger partial charge in [-0.1, -0.05) is 23.4 Å². The second-order valence-corrected chi connectivity index (χ2v) is 7.13. The van der Waals surface area contributed by atoms with Crippen molar-refractivity contribution in [2.24, 2.45) is 5.92 Å². The van der Waals surface area contributed by atoms with Crippen molar-refractivity contribution >= 4 is 0 Å². The van der Waals surface area contributed by atoms with E-state index >= 15 is 0 Å². The first kappa shape index (κ1) is 17.8. The number of piperidine rings is 1. The molecule has 0 spiro atoms. The monoisotopic (exact) mass is 367 g/mol. The Morgan fingerprint density at radius 1 is 1.15 bits per heavy atom. The van der Waals surface area contributed by atoms with Crippen molar-refractivity contribution in [1.82, 2.24) is 34.7 Å². The van der Waals surface area contributed by atoms with Crippen molar-refractivity contribution in [2.45, 2.75) is 25.8 Å². The van der Waals surface area contributed by atoms with Crippen LogP contribution < -0.4 is 0 Å². The highest BCUT2D eigenvalue weighted by Gasteiger charge is 2.21. The van der Waals surface area contributed by atoms with E-state index in [1.165, 1.54) is 12.8 Å². The zero-order valence-corrected chi connectivity index (χ0v) is 15.6. The van der Waals surface area contributed by atoms with Gasteiger partial charge in [0.15, 0.2) is 17.3 Å². The van der Waals surface area contributed by atoms with Crippen molar-refractivity contribution in [3.8, 4) is 17.2 Å². The molecule has 8 nitrogen and oxygen atoms in total. The van der Waals surface area contributed by atoms with E-state index in [0.29, 0.717) is 24.0 Å². The van der Waals surface area contributed by atoms with Gasteiger partial charge < -0.3 is 10.0 Å². The normalized spacial score (nSPS) is 16.1. The summed E-state index contributed by atoms with van der Waals surface area (Å²) in [6.07, 6.45) is 5.06. The molecule has 3 heterocycles. The fourth-order valence-corrected chi connectivity index (χ4v) is 3.51. The Morgan fingerprint density at radius 3 is 2.67 bits per heavy atom. The minimum absolute atomic E-state index is 0.0108. The van der Waals surface area contributed by atoms with Crippen LogP contribution in [0.5, 0.6) is 0 Å². The molecule has 0 aliphatic carbocycles. The first-order valence-electron chi connectivity index (χ1n) is 9.44. The second kappa shape index (κ2) is 7.98. The quantitative estimate of drug-likeness (QED) is 0.709. The molecule has 3 aromatic rings. The molecule has 142 valence electrons. The Labute approximate surface area is 158 Å². The van der Waals surface area contributed by atoms with Gasteiger partial charge >= 0.3 is 0 Å². The molecule has 1 saturated heterocycles. The number of likely N-dealkylation sites (tertiary alicyclic amines) is 1. The predicted octanol–water partition coefficient (Wildman–Crippen LogP) is 1.40. The van der Waals surface area contributed by atoms with E-state index in [4.69, 9.17) is 4.98 Å². The molecule has 1 aromatic carbocycles. The standard InChI is InChI=1S/C19H25N7O/c1-24-9-7-15(8-10-24)13-18-20-19(25(22-18)11-12-27)17-14-26(23-21-17)16-5-3-2-4-6-16/h2-6,14-15,27H,7-13H2,1H3. The summed E-state index contributed by atoms with van der Waals surface area (Å²) in [7, 11) is 2.17. The topological polar surface area (TPSA) is 84.9 Å². The van der Waals surface area contributed by atoms with Crippen LogP contribution in [0, 0.1) is 5.92 Å². The number of benzene rings is 1. The Balaban J connectivity index is 1.56. The number of nitrogens with zero attached hydrogens (tertiary/aromatic N) is 7. The third kappa shape index (κ3) is 4.06. The van der Waals surface area contributed by atoms with Gasteiger partial charge in [-0.2, -0.15) is 5.10 Å². The third-order valence-corrected chi connectivity index (χ3v) is 5.08. The zero-order chi connectivity index (χ0) is 18.6. The van der Waals surface area contributed by atoms with E-state index in [2.05, 4.69) is 27.4 Å². The molecule has 0 saturated carbocycles. The maximum atomic E-state index is 9.40. The molecule has 2 aromatic heterocycles. The van der Waals surface area contributed by atoms with Gasteiger partial charge in [-0.15, -0.1) is 5.10 Å². The van der Waals surface area contributed by atoms with Crippen LogP contribution in [0.3, 0.4) is 0 Å². The fraction of sp³-hybridized carbons (Fsp3) is 0.474. The van der Waals surface area contributed by atoms with Gasteiger partial charge in [0, 0.05) is 6.42 Å². The van der Waals surface area contributed by atoms with Gasteiger partial charge in [0.2, 0.25) is 0 Å². The van der Waals surface area contributed by atoms with Crippen molar-refractivity contribution < 1.29 is 5.11 Å². The van der Waals surface area contributed by atoms with Crippen LogP contribution in [0.15, 0.2) is 36.5 Å². The van der Waals surface area contributed by atoms with Gasteiger partial charge in [0.25, 0.3) is 0 Å². The lowest BCUT2D eigenvalue weighted by molar-refractivity contribution is 0.217. The number of hydrogen-bond acceptors (Lipinski definition) is 6.